The van der Waals surface area contributed by atoms with Crippen molar-refractivity contribution in [2.75, 3.05) is 32.2 Å². The van der Waals surface area contributed by atoms with Gasteiger partial charge >= 0.3 is 5.97 Å². The van der Waals surface area contributed by atoms with Crippen molar-refractivity contribution in [1.29, 1.82) is 0 Å². The minimum atomic E-state index is -0.544. The van der Waals surface area contributed by atoms with Crippen LogP contribution in [0, 0.1) is 0 Å². The second kappa shape index (κ2) is 8.41. The molecule has 0 saturated heterocycles. The Kier molecular flexibility index (Phi) is 6.71. The van der Waals surface area contributed by atoms with Crippen molar-refractivity contribution in [3.8, 4) is 0 Å². The zero-order valence-electron chi connectivity index (χ0n) is 10.8. The van der Waals surface area contributed by atoms with E-state index in [1.165, 1.54) is 13.3 Å². The zero-order valence-corrected chi connectivity index (χ0v) is 10.8. The highest BCUT2D eigenvalue weighted by molar-refractivity contribution is 5.85. The van der Waals surface area contributed by atoms with Gasteiger partial charge in [-0.15, -0.1) is 0 Å². The van der Waals surface area contributed by atoms with E-state index >= 15 is 0 Å². The van der Waals surface area contributed by atoms with E-state index < -0.39 is 5.97 Å². The quantitative estimate of drug-likeness (QED) is 0.559. The fourth-order valence-corrected chi connectivity index (χ4v) is 1.25. The van der Waals surface area contributed by atoms with Crippen LogP contribution in [0.5, 0.6) is 0 Å². The van der Waals surface area contributed by atoms with Gasteiger partial charge < -0.3 is 14.8 Å². The number of methoxy groups -OCH3 is 1. The number of hydrogen-bond donors (Lipinski definition) is 1. The van der Waals surface area contributed by atoms with Gasteiger partial charge in [0.05, 0.1) is 13.7 Å². The van der Waals surface area contributed by atoms with Gasteiger partial charge in [0.1, 0.15) is 5.82 Å². The minimum absolute atomic E-state index is 0.0504. The summed E-state index contributed by atoms with van der Waals surface area (Å²) in [5.41, 5.74) is 0. The van der Waals surface area contributed by atoms with Gasteiger partial charge in [-0.25, -0.2) is 14.8 Å². The summed E-state index contributed by atoms with van der Waals surface area (Å²) in [5.74, 6) is 0.0942. The molecule has 6 heteroatoms. The summed E-state index contributed by atoms with van der Waals surface area (Å²) in [7, 11) is 1.30. The van der Waals surface area contributed by atoms with Crippen molar-refractivity contribution in [2.45, 2.75) is 19.8 Å². The Hall–Kier alpha value is -1.69. The fourth-order valence-electron chi connectivity index (χ4n) is 1.25. The first-order valence-corrected chi connectivity index (χ1v) is 6.01. The Morgan fingerprint density at radius 3 is 3.00 bits per heavy atom. The van der Waals surface area contributed by atoms with E-state index in [4.69, 9.17) is 4.74 Å². The first-order valence-electron chi connectivity index (χ1n) is 6.01. The zero-order chi connectivity index (χ0) is 13.2. The van der Waals surface area contributed by atoms with Crippen LogP contribution in [0.1, 0.15) is 30.4 Å². The average molecular weight is 253 g/mol. The van der Waals surface area contributed by atoms with Gasteiger partial charge in [0.2, 0.25) is 5.82 Å². The number of ether oxygens (including phenoxy) is 2. The molecule has 0 saturated carbocycles. The molecule has 1 heterocycles. The summed E-state index contributed by atoms with van der Waals surface area (Å²) in [6, 6.07) is 1.69. The molecule has 0 amide bonds. The number of esters is 1. The average Bonchev–Trinajstić information content (AvgIpc) is 2.42. The molecule has 0 atom stereocenters. The summed E-state index contributed by atoms with van der Waals surface area (Å²) in [6.45, 7) is 4.14. The number of nitrogens with one attached hydrogen (secondary N) is 1. The summed E-state index contributed by atoms with van der Waals surface area (Å²) >= 11 is 0. The van der Waals surface area contributed by atoms with Crippen molar-refractivity contribution >= 4 is 11.8 Å². The lowest BCUT2D eigenvalue weighted by molar-refractivity contribution is 0.0587. The molecule has 0 unspecified atom stereocenters. The van der Waals surface area contributed by atoms with Crippen molar-refractivity contribution in [3.63, 3.8) is 0 Å². The van der Waals surface area contributed by atoms with Crippen LogP contribution in [-0.2, 0) is 9.47 Å². The fraction of sp³-hybridized carbons (Fsp3) is 0.583. The number of carbonyl (C=O) groups is 1. The molecule has 1 N–H and O–H groups in total. The van der Waals surface area contributed by atoms with Crippen LogP contribution in [-0.4, -0.2) is 42.8 Å². The molecule has 0 fully saturated rings. The maximum Gasteiger partial charge on any atom is 0.376 e. The highest BCUT2D eigenvalue weighted by atomic mass is 16.5. The maximum atomic E-state index is 11.2. The molecule has 0 radical (unpaired) electrons. The van der Waals surface area contributed by atoms with Gasteiger partial charge in [-0.05, 0) is 12.5 Å². The van der Waals surface area contributed by atoms with Gasteiger partial charge in [-0.1, -0.05) is 13.3 Å². The Balaban J connectivity index is 2.32. The predicted molar refractivity (Wildman–Crippen MR) is 67.6 cm³/mol. The van der Waals surface area contributed by atoms with E-state index in [0.717, 1.165) is 19.4 Å². The molecule has 1 aromatic rings. The molecule has 0 aliphatic heterocycles. The van der Waals surface area contributed by atoms with Gasteiger partial charge in [0.15, 0.2) is 0 Å². The van der Waals surface area contributed by atoms with Gasteiger partial charge in [-0.2, -0.15) is 0 Å². The summed E-state index contributed by atoms with van der Waals surface area (Å²) in [6.07, 6.45) is 3.71. The molecule has 0 bridgehead atoms. The highest BCUT2D eigenvalue weighted by Gasteiger charge is 2.08. The van der Waals surface area contributed by atoms with E-state index in [1.807, 2.05) is 0 Å². The van der Waals surface area contributed by atoms with E-state index in [2.05, 4.69) is 26.9 Å². The molecule has 0 aliphatic carbocycles. The minimum Gasteiger partial charge on any atom is -0.463 e. The van der Waals surface area contributed by atoms with E-state index in [-0.39, 0.29) is 5.82 Å². The second-order valence-electron chi connectivity index (χ2n) is 3.65. The van der Waals surface area contributed by atoms with Crippen LogP contribution < -0.4 is 5.32 Å². The lowest BCUT2D eigenvalue weighted by atomic mass is 10.4. The Bertz CT molecular complexity index is 371. The van der Waals surface area contributed by atoms with Crippen LogP contribution in [0.3, 0.4) is 0 Å². The van der Waals surface area contributed by atoms with E-state index in [1.54, 1.807) is 6.07 Å². The van der Waals surface area contributed by atoms with Crippen LogP contribution in [0.15, 0.2) is 12.3 Å². The number of carbonyl (C=O) groups excluding carboxylic acids is 1. The normalized spacial score (nSPS) is 10.1. The molecule has 6 nitrogen and oxygen atoms in total. The summed E-state index contributed by atoms with van der Waals surface area (Å²) in [4.78, 5) is 19.1. The number of nitrogens with zero attached hydrogens (tertiary/aromatic N) is 2. The number of hydrogen-bond acceptors (Lipinski definition) is 6. The smallest absolute Gasteiger partial charge is 0.376 e. The van der Waals surface area contributed by atoms with E-state index in [0.29, 0.717) is 19.0 Å². The predicted octanol–water partition coefficient (Wildman–Crippen LogP) is 1.49. The molecular weight excluding hydrogens is 234 g/mol. The first-order chi connectivity index (χ1) is 8.77. The second-order valence-corrected chi connectivity index (χ2v) is 3.65. The maximum absolute atomic E-state index is 11.2. The summed E-state index contributed by atoms with van der Waals surface area (Å²) < 4.78 is 9.94. The first kappa shape index (κ1) is 14.4. The number of aromatic nitrogens is 2. The van der Waals surface area contributed by atoms with Crippen LogP contribution in [0.25, 0.3) is 0 Å². The standard InChI is InChI=1S/C12H19N3O3/c1-3-4-8-18-9-7-13-10-5-6-14-11(15-10)12(16)17-2/h5-6H,3-4,7-9H2,1-2H3,(H,13,14,15). The van der Waals surface area contributed by atoms with Crippen molar-refractivity contribution in [3.05, 3.63) is 18.1 Å². The highest BCUT2D eigenvalue weighted by Crippen LogP contribution is 2.02. The third-order valence-corrected chi connectivity index (χ3v) is 2.22. The molecule has 0 spiro atoms. The van der Waals surface area contributed by atoms with Gasteiger partial charge in [-0.3, -0.25) is 0 Å². The third kappa shape index (κ3) is 5.09. The molecule has 1 rings (SSSR count). The third-order valence-electron chi connectivity index (χ3n) is 2.22. The van der Waals surface area contributed by atoms with Crippen molar-refractivity contribution < 1.29 is 14.3 Å². The topological polar surface area (TPSA) is 73.3 Å². The Morgan fingerprint density at radius 1 is 1.44 bits per heavy atom. The largest absolute Gasteiger partial charge is 0.463 e. The number of rotatable bonds is 8. The number of unbranched alkanes of at least 4 members (excludes halogenated alkanes) is 1. The van der Waals surface area contributed by atoms with E-state index in [9.17, 15) is 4.79 Å². The van der Waals surface area contributed by atoms with Crippen molar-refractivity contribution in [1.82, 2.24) is 9.97 Å². The molecular formula is C12H19N3O3. The molecule has 0 aromatic carbocycles. The Morgan fingerprint density at radius 2 is 2.28 bits per heavy atom. The number of anilines is 1. The molecule has 1 aromatic heterocycles. The molecule has 0 aliphatic rings. The Labute approximate surface area is 107 Å². The lowest BCUT2D eigenvalue weighted by Gasteiger charge is -2.06. The van der Waals surface area contributed by atoms with Crippen molar-refractivity contribution in [2.24, 2.45) is 0 Å². The molecule has 18 heavy (non-hydrogen) atoms. The van der Waals surface area contributed by atoms with Crippen LogP contribution in [0.2, 0.25) is 0 Å². The van der Waals surface area contributed by atoms with Gasteiger partial charge in [0, 0.05) is 19.3 Å². The monoisotopic (exact) mass is 253 g/mol. The van der Waals surface area contributed by atoms with Gasteiger partial charge in [0.25, 0.3) is 0 Å². The van der Waals surface area contributed by atoms with Crippen LogP contribution in [0.4, 0.5) is 5.82 Å². The lowest BCUT2D eigenvalue weighted by Crippen LogP contribution is -2.13. The molecule has 100 valence electrons. The SMILES string of the molecule is CCCCOCCNc1ccnc(C(=O)OC)n1. The van der Waals surface area contributed by atoms with Crippen LogP contribution >= 0.6 is 0 Å². The summed E-state index contributed by atoms with van der Waals surface area (Å²) in [5, 5.41) is 3.06.